The Morgan fingerprint density at radius 2 is 2.13 bits per heavy atom. The van der Waals surface area contributed by atoms with E-state index in [2.05, 4.69) is 0 Å². The summed E-state index contributed by atoms with van der Waals surface area (Å²) < 4.78 is 31.8. The molecule has 0 saturated carbocycles. The van der Waals surface area contributed by atoms with Crippen molar-refractivity contribution in [3.63, 3.8) is 0 Å². The lowest BCUT2D eigenvalue weighted by Crippen LogP contribution is -2.35. The third kappa shape index (κ3) is 2.16. The van der Waals surface area contributed by atoms with E-state index < -0.39 is 17.7 Å². The Morgan fingerprint density at radius 3 is 2.87 bits per heavy atom. The molecule has 1 aromatic carbocycles. The number of nitrogens with two attached hydrogens (primary N) is 1. The summed E-state index contributed by atoms with van der Waals surface area (Å²) in [6, 6.07) is 3.10. The van der Waals surface area contributed by atoms with Gasteiger partial charge in [-0.25, -0.2) is 8.78 Å². The highest BCUT2D eigenvalue weighted by molar-refractivity contribution is 5.22. The number of rotatable bonds is 1. The average molecular weight is 213 g/mol. The predicted molar refractivity (Wildman–Crippen MR) is 52.3 cm³/mol. The van der Waals surface area contributed by atoms with Crippen LogP contribution in [-0.2, 0) is 4.74 Å². The fourth-order valence-corrected chi connectivity index (χ4v) is 1.86. The highest BCUT2D eigenvalue weighted by Crippen LogP contribution is 2.29. The van der Waals surface area contributed by atoms with Crippen molar-refractivity contribution in [2.75, 3.05) is 6.61 Å². The van der Waals surface area contributed by atoms with Crippen LogP contribution in [0.3, 0.4) is 0 Å². The SMILES string of the molecule is NC1CCCOC1c1cc(F)ccc1F. The number of hydrogen-bond donors (Lipinski definition) is 1. The molecule has 2 N–H and O–H groups in total. The molecule has 1 aromatic rings. The van der Waals surface area contributed by atoms with Crippen molar-refractivity contribution >= 4 is 0 Å². The molecular formula is C11H13F2NO. The number of ether oxygens (including phenoxy) is 1. The van der Waals surface area contributed by atoms with Crippen LogP contribution in [0, 0.1) is 11.6 Å². The van der Waals surface area contributed by atoms with Gasteiger partial charge in [0.05, 0.1) is 0 Å². The normalized spacial score (nSPS) is 26.6. The van der Waals surface area contributed by atoms with Crippen molar-refractivity contribution in [3.8, 4) is 0 Å². The summed E-state index contributed by atoms with van der Waals surface area (Å²) in [4.78, 5) is 0. The first-order valence-electron chi connectivity index (χ1n) is 5.00. The van der Waals surface area contributed by atoms with Crippen LogP contribution in [0.2, 0.25) is 0 Å². The highest BCUT2D eigenvalue weighted by Gasteiger charge is 2.26. The third-order valence-corrected chi connectivity index (χ3v) is 2.63. The second-order valence-electron chi connectivity index (χ2n) is 3.76. The molecule has 0 spiro atoms. The Bertz CT molecular complexity index is 356. The zero-order valence-corrected chi connectivity index (χ0v) is 8.25. The van der Waals surface area contributed by atoms with E-state index in [1.807, 2.05) is 0 Å². The molecule has 4 heteroatoms. The first kappa shape index (κ1) is 10.5. The maximum Gasteiger partial charge on any atom is 0.129 e. The largest absolute Gasteiger partial charge is 0.372 e. The first-order valence-corrected chi connectivity index (χ1v) is 5.00. The molecule has 0 amide bonds. The van der Waals surface area contributed by atoms with Gasteiger partial charge in [0.15, 0.2) is 0 Å². The van der Waals surface area contributed by atoms with E-state index in [9.17, 15) is 8.78 Å². The van der Waals surface area contributed by atoms with E-state index in [1.54, 1.807) is 0 Å². The maximum atomic E-state index is 13.4. The van der Waals surface area contributed by atoms with Gasteiger partial charge in [0.2, 0.25) is 0 Å². The van der Waals surface area contributed by atoms with Crippen LogP contribution >= 0.6 is 0 Å². The highest BCUT2D eigenvalue weighted by atomic mass is 19.1. The molecular weight excluding hydrogens is 200 g/mol. The topological polar surface area (TPSA) is 35.2 Å². The molecule has 1 aliphatic heterocycles. The van der Waals surface area contributed by atoms with Gasteiger partial charge in [0, 0.05) is 18.2 Å². The minimum absolute atomic E-state index is 0.224. The van der Waals surface area contributed by atoms with E-state index in [0.717, 1.165) is 31.0 Å². The molecule has 1 fully saturated rings. The minimum atomic E-state index is -0.519. The van der Waals surface area contributed by atoms with Crippen LogP contribution in [0.4, 0.5) is 8.78 Å². The van der Waals surface area contributed by atoms with Gasteiger partial charge in [-0.05, 0) is 31.0 Å². The first-order chi connectivity index (χ1) is 7.18. The molecule has 2 unspecified atom stereocenters. The molecule has 1 aliphatic rings. The van der Waals surface area contributed by atoms with Crippen molar-refractivity contribution in [1.82, 2.24) is 0 Å². The van der Waals surface area contributed by atoms with E-state index in [0.29, 0.717) is 6.61 Å². The minimum Gasteiger partial charge on any atom is -0.372 e. The van der Waals surface area contributed by atoms with Gasteiger partial charge in [0.1, 0.15) is 17.7 Å². The van der Waals surface area contributed by atoms with Gasteiger partial charge < -0.3 is 10.5 Å². The van der Waals surface area contributed by atoms with E-state index in [-0.39, 0.29) is 11.6 Å². The number of hydrogen-bond acceptors (Lipinski definition) is 2. The maximum absolute atomic E-state index is 13.4. The van der Waals surface area contributed by atoms with Crippen LogP contribution in [0.1, 0.15) is 24.5 Å². The lowest BCUT2D eigenvalue weighted by atomic mass is 9.96. The summed E-state index contributed by atoms with van der Waals surface area (Å²) in [5.41, 5.74) is 6.04. The number of benzene rings is 1. The van der Waals surface area contributed by atoms with Crippen LogP contribution in [0.25, 0.3) is 0 Å². The van der Waals surface area contributed by atoms with Gasteiger partial charge in [-0.3, -0.25) is 0 Å². The monoisotopic (exact) mass is 213 g/mol. The molecule has 82 valence electrons. The van der Waals surface area contributed by atoms with E-state index >= 15 is 0 Å². The fourth-order valence-electron chi connectivity index (χ4n) is 1.86. The van der Waals surface area contributed by atoms with Crippen LogP contribution in [0.5, 0.6) is 0 Å². The summed E-state index contributed by atoms with van der Waals surface area (Å²) in [6.07, 6.45) is 1.13. The average Bonchev–Trinajstić information content (AvgIpc) is 2.23. The molecule has 15 heavy (non-hydrogen) atoms. The molecule has 1 saturated heterocycles. The predicted octanol–water partition coefficient (Wildman–Crippen LogP) is 2.14. The fraction of sp³-hybridized carbons (Fsp3) is 0.455. The summed E-state index contributed by atoms with van der Waals surface area (Å²) >= 11 is 0. The van der Waals surface area contributed by atoms with Gasteiger partial charge >= 0.3 is 0 Å². The zero-order valence-electron chi connectivity index (χ0n) is 8.25. The lowest BCUT2D eigenvalue weighted by molar-refractivity contribution is -0.00206. The smallest absolute Gasteiger partial charge is 0.129 e. The summed E-state index contributed by atoms with van der Waals surface area (Å²) in [7, 11) is 0. The summed E-state index contributed by atoms with van der Waals surface area (Å²) in [5.74, 6) is -0.925. The molecule has 0 aliphatic carbocycles. The van der Waals surface area contributed by atoms with Crippen LogP contribution < -0.4 is 5.73 Å². The second-order valence-corrected chi connectivity index (χ2v) is 3.76. The molecule has 2 nitrogen and oxygen atoms in total. The van der Waals surface area contributed by atoms with Crippen molar-refractivity contribution in [2.45, 2.75) is 25.0 Å². The lowest BCUT2D eigenvalue weighted by Gasteiger charge is -2.29. The third-order valence-electron chi connectivity index (χ3n) is 2.63. The van der Waals surface area contributed by atoms with Crippen LogP contribution in [0.15, 0.2) is 18.2 Å². The van der Waals surface area contributed by atoms with Gasteiger partial charge in [-0.2, -0.15) is 0 Å². The Hall–Kier alpha value is -1.00. The Balaban J connectivity index is 2.30. The van der Waals surface area contributed by atoms with E-state index in [4.69, 9.17) is 10.5 Å². The van der Waals surface area contributed by atoms with Crippen molar-refractivity contribution < 1.29 is 13.5 Å². The quantitative estimate of drug-likeness (QED) is 0.775. The summed E-state index contributed by atoms with van der Waals surface area (Å²) in [6.45, 7) is 0.550. The molecule has 0 bridgehead atoms. The van der Waals surface area contributed by atoms with Crippen molar-refractivity contribution in [2.24, 2.45) is 5.73 Å². The zero-order chi connectivity index (χ0) is 10.8. The van der Waals surface area contributed by atoms with Gasteiger partial charge in [0.25, 0.3) is 0 Å². The summed E-state index contributed by atoms with van der Waals surface area (Å²) in [5, 5.41) is 0. The van der Waals surface area contributed by atoms with Crippen molar-refractivity contribution in [1.29, 1.82) is 0 Å². The Kier molecular flexibility index (Phi) is 2.98. The Labute approximate surface area is 87.0 Å². The van der Waals surface area contributed by atoms with Crippen molar-refractivity contribution in [3.05, 3.63) is 35.4 Å². The molecule has 0 aromatic heterocycles. The Morgan fingerprint density at radius 1 is 1.33 bits per heavy atom. The second kappa shape index (κ2) is 4.24. The van der Waals surface area contributed by atoms with Gasteiger partial charge in [-0.15, -0.1) is 0 Å². The standard InChI is InChI=1S/C11H13F2NO/c12-7-3-4-9(13)8(6-7)11-10(14)2-1-5-15-11/h3-4,6,10-11H,1-2,5,14H2. The van der Waals surface area contributed by atoms with Crippen LogP contribution in [-0.4, -0.2) is 12.6 Å². The molecule has 1 heterocycles. The number of halogens is 2. The van der Waals surface area contributed by atoms with E-state index in [1.165, 1.54) is 0 Å². The molecule has 2 atom stereocenters. The molecule has 2 rings (SSSR count). The molecule has 0 radical (unpaired) electrons. The van der Waals surface area contributed by atoms with Gasteiger partial charge in [-0.1, -0.05) is 0 Å².